The highest BCUT2D eigenvalue weighted by atomic mass is 15.1. The number of hydrogen-bond acceptors (Lipinski definition) is 3. The Labute approximate surface area is 84.7 Å². The van der Waals surface area contributed by atoms with Crippen molar-refractivity contribution in [3.63, 3.8) is 0 Å². The standard InChI is InChI=1S/C10H18N4/c1-13-4-2-9(3-5-13)14-8-12-7-10(14)6-11/h7-9H,2-6,11H2,1H3. The molecule has 0 spiro atoms. The first-order chi connectivity index (χ1) is 6.81. The van der Waals surface area contributed by atoms with E-state index in [9.17, 15) is 0 Å². The molecule has 0 aliphatic carbocycles. The smallest absolute Gasteiger partial charge is 0.0951 e. The lowest BCUT2D eigenvalue weighted by Gasteiger charge is -2.30. The van der Waals surface area contributed by atoms with Gasteiger partial charge in [0.25, 0.3) is 0 Å². The van der Waals surface area contributed by atoms with E-state index in [0.29, 0.717) is 12.6 Å². The van der Waals surface area contributed by atoms with Crippen molar-refractivity contribution in [1.29, 1.82) is 0 Å². The molecule has 14 heavy (non-hydrogen) atoms. The molecule has 2 rings (SSSR count). The molecule has 1 aromatic rings. The van der Waals surface area contributed by atoms with E-state index in [1.54, 1.807) is 0 Å². The molecule has 2 heterocycles. The van der Waals surface area contributed by atoms with Crippen molar-refractivity contribution in [3.05, 3.63) is 18.2 Å². The maximum Gasteiger partial charge on any atom is 0.0951 e. The molecule has 0 aromatic carbocycles. The molecule has 4 nitrogen and oxygen atoms in total. The zero-order valence-corrected chi connectivity index (χ0v) is 8.69. The van der Waals surface area contributed by atoms with Crippen molar-refractivity contribution >= 4 is 0 Å². The average Bonchev–Trinajstić information content (AvgIpc) is 2.67. The van der Waals surface area contributed by atoms with Crippen molar-refractivity contribution in [3.8, 4) is 0 Å². The highest BCUT2D eigenvalue weighted by molar-refractivity contribution is 5.00. The van der Waals surface area contributed by atoms with Crippen LogP contribution in [0.15, 0.2) is 12.5 Å². The molecule has 0 amide bonds. The first kappa shape index (κ1) is 9.68. The molecule has 1 aliphatic heterocycles. The molecule has 1 aliphatic rings. The lowest BCUT2D eigenvalue weighted by atomic mass is 10.1. The Hall–Kier alpha value is -0.870. The van der Waals surface area contributed by atoms with Crippen LogP contribution in [0.1, 0.15) is 24.6 Å². The zero-order valence-electron chi connectivity index (χ0n) is 8.69. The number of hydrogen-bond donors (Lipinski definition) is 1. The predicted molar refractivity (Wildman–Crippen MR) is 55.9 cm³/mol. The Kier molecular flexibility index (Phi) is 2.84. The minimum atomic E-state index is 0.590. The summed E-state index contributed by atoms with van der Waals surface area (Å²) in [4.78, 5) is 6.53. The van der Waals surface area contributed by atoms with Crippen LogP contribution in [0.2, 0.25) is 0 Å². The van der Waals surface area contributed by atoms with Crippen molar-refractivity contribution in [2.45, 2.75) is 25.4 Å². The van der Waals surface area contributed by atoms with Gasteiger partial charge in [0.15, 0.2) is 0 Å². The third-order valence-corrected chi connectivity index (χ3v) is 3.04. The van der Waals surface area contributed by atoms with E-state index in [2.05, 4.69) is 21.5 Å². The Morgan fingerprint density at radius 2 is 2.21 bits per heavy atom. The Morgan fingerprint density at radius 3 is 2.86 bits per heavy atom. The van der Waals surface area contributed by atoms with Gasteiger partial charge in [-0.1, -0.05) is 0 Å². The van der Waals surface area contributed by atoms with Gasteiger partial charge in [-0.15, -0.1) is 0 Å². The van der Waals surface area contributed by atoms with Gasteiger partial charge in [0, 0.05) is 18.8 Å². The Balaban J connectivity index is 2.08. The van der Waals surface area contributed by atoms with Gasteiger partial charge in [-0.2, -0.15) is 0 Å². The molecular weight excluding hydrogens is 176 g/mol. The summed E-state index contributed by atoms with van der Waals surface area (Å²) in [5.74, 6) is 0. The van der Waals surface area contributed by atoms with Gasteiger partial charge in [0.2, 0.25) is 0 Å². The number of piperidine rings is 1. The molecular formula is C10H18N4. The summed E-state index contributed by atoms with van der Waals surface area (Å²) < 4.78 is 2.24. The number of aromatic nitrogens is 2. The monoisotopic (exact) mass is 194 g/mol. The van der Waals surface area contributed by atoms with Crippen LogP contribution in [-0.2, 0) is 6.54 Å². The number of nitrogens with two attached hydrogens (primary N) is 1. The van der Waals surface area contributed by atoms with E-state index in [-0.39, 0.29) is 0 Å². The Bertz CT molecular complexity index is 286. The number of nitrogens with zero attached hydrogens (tertiary/aromatic N) is 3. The zero-order chi connectivity index (χ0) is 9.97. The maximum absolute atomic E-state index is 5.66. The molecule has 0 radical (unpaired) electrons. The van der Waals surface area contributed by atoms with Gasteiger partial charge in [-0.3, -0.25) is 0 Å². The van der Waals surface area contributed by atoms with Crippen LogP contribution in [0.3, 0.4) is 0 Å². The van der Waals surface area contributed by atoms with Gasteiger partial charge in [0.1, 0.15) is 0 Å². The van der Waals surface area contributed by atoms with E-state index in [1.807, 2.05) is 12.5 Å². The van der Waals surface area contributed by atoms with E-state index in [0.717, 1.165) is 5.69 Å². The molecule has 4 heteroatoms. The first-order valence-corrected chi connectivity index (χ1v) is 5.20. The van der Waals surface area contributed by atoms with Gasteiger partial charge in [-0.25, -0.2) is 4.98 Å². The van der Waals surface area contributed by atoms with Gasteiger partial charge in [0.05, 0.1) is 12.0 Å². The summed E-state index contributed by atoms with van der Waals surface area (Å²) in [6.45, 7) is 2.94. The normalized spacial score (nSPS) is 20.1. The van der Waals surface area contributed by atoms with Crippen LogP contribution in [0, 0.1) is 0 Å². The van der Waals surface area contributed by atoms with Gasteiger partial charge >= 0.3 is 0 Å². The summed E-state index contributed by atoms with van der Waals surface area (Å²) in [6.07, 6.45) is 6.20. The molecule has 0 unspecified atom stereocenters. The minimum Gasteiger partial charge on any atom is -0.330 e. The number of likely N-dealkylation sites (tertiary alicyclic amines) is 1. The quantitative estimate of drug-likeness (QED) is 0.750. The second kappa shape index (κ2) is 4.11. The Morgan fingerprint density at radius 1 is 1.50 bits per heavy atom. The van der Waals surface area contributed by atoms with Crippen LogP contribution < -0.4 is 5.73 Å². The van der Waals surface area contributed by atoms with E-state index in [4.69, 9.17) is 5.73 Å². The highest BCUT2D eigenvalue weighted by Gasteiger charge is 2.19. The first-order valence-electron chi connectivity index (χ1n) is 5.20. The van der Waals surface area contributed by atoms with Gasteiger partial charge in [-0.05, 0) is 33.0 Å². The van der Waals surface area contributed by atoms with Crippen molar-refractivity contribution in [1.82, 2.24) is 14.5 Å². The second-order valence-corrected chi connectivity index (χ2v) is 4.03. The number of rotatable bonds is 2. The lowest BCUT2D eigenvalue weighted by molar-refractivity contribution is 0.219. The molecule has 0 atom stereocenters. The molecule has 2 N–H and O–H groups in total. The average molecular weight is 194 g/mol. The lowest BCUT2D eigenvalue weighted by Crippen LogP contribution is -2.32. The fourth-order valence-corrected chi connectivity index (χ4v) is 2.09. The third kappa shape index (κ3) is 1.81. The summed E-state index contributed by atoms with van der Waals surface area (Å²) in [5.41, 5.74) is 6.81. The second-order valence-electron chi connectivity index (χ2n) is 4.03. The summed E-state index contributed by atoms with van der Waals surface area (Å²) in [5, 5.41) is 0. The largest absolute Gasteiger partial charge is 0.330 e. The van der Waals surface area contributed by atoms with E-state index >= 15 is 0 Å². The third-order valence-electron chi connectivity index (χ3n) is 3.04. The highest BCUT2D eigenvalue weighted by Crippen LogP contribution is 2.22. The van der Waals surface area contributed by atoms with Gasteiger partial charge < -0.3 is 15.2 Å². The maximum atomic E-state index is 5.66. The summed E-state index contributed by atoms with van der Waals surface area (Å²) in [7, 11) is 2.17. The molecule has 78 valence electrons. The van der Waals surface area contributed by atoms with Crippen molar-refractivity contribution in [2.75, 3.05) is 20.1 Å². The van der Waals surface area contributed by atoms with Crippen LogP contribution in [-0.4, -0.2) is 34.6 Å². The molecule has 1 saturated heterocycles. The molecule has 1 fully saturated rings. The SMILES string of the molecule is CN1CCC(n2cncc2CN)CC1. The predicted octanol–water partition coefficient (Wildman–Crippen LogP) is 0.608. The fraction of sp³-hybridized carbons (Fsp3) is 0.700. The summed E-state index contributed by atoms with van der Waals surface area (Å²) in [6, 6.07) is 0.604. The van der Waals surface area contributed by atoms with Crippen molar-refractivity contribution in [2.24, 2.45) is 5.73 Å². The van der Waals surface area contributed by atoms with E-state index < -0.39 is 0 Å². The van der Waals surface area contributed by atoms with Crippen LogP contribution in [0.4, 0.5) is 0 Å². The molecule has 0 bridgehead atoms. The number of imidazole rings is 1. The van der Waals surface area contributed by atoms with E-state index in [1.165, 1.54) is 25.9 Å². The fourth-order valence-electron chi connectivity index (χ4n) is 2.09. The molecule has 0 saturated carbocycles. The van der Waals surface area contributed by atoms with Crippen LogP contribution in [0.5, 0.6) is 0 Å². The van der Waals surface area contributed by atoms with Crippen molar-refractivity contribution < 1.29 is 0 Å². The van der Waals surface area contributed by atoms with Crippen LogP contribution in [0.25, 0.3) is 0 Å². The van der Waals surface area contributed by atoms with Crippen LogP contribution >= 0.6 is 0 Å². The molecule has 1 aromatic heterocycles. The topological polar surface area (TPSA) is 47.1 Å². The minimum absolute atomic E-state index is 0.590. The summed E-state index contributed by atoms with van der Waals surface area (Å²) >= 11 is 0.